The van der Waals surface area contributed by atoms with Gasteiger partial charge in [-0.2, -0.15) is 5.10 Å². The van der Waals surface area contributed by atoms with Gasteiger partial charge in [0, 0.05) is 25.8 Å². The van der Waals surface area contributed by atoms with E-state index in [9.17, 15) is 0 Å². The molecule has 0 unspecified atom stereocenters. The number of rotatable bonds is 6. The molecule has 0 aliphatic rings. The lowest BCUT2D eigenvalue weighted by molar-refractivity contribution is 0.569. The molecule has 0 aliphatic heterocycles. The van der Waals surface area contributed by atoms with Crippen molar-refractivity contribution in [3.05, 3.63) is 29.0 Å². The largest absolute Gasteiger partial charge is 0.363 e. The van der Waals surface area contributed by atoms with Crippen molar-refractivity contribution in [2.24, 2.45) is 0 Å². The molecule has 0 amide bonds. The summed E-state index contributed by atoms with van der Waals surface area (Å²) in [6, 6.07) is 0. The zero-order chi connectivity index (χ0) is 12.7. The Labute approximate surface area is 116 Å². The van der Waals surface area contributed by atoms with Gasteiger partial charge in [-0.05, 0) is 41.5 Å². The number of aromatic nitrogens is 2. The lowest BCUT2D eigenvalue weighted by atomic mass is 10.4. The molecule has 0 atom stereocenters. The molecule has 0 aromatic carbocycles. The highest BCUT2D eigenvalue weighted by Crippen LogP contribution is 2.12. The van der Waals surface area contributed by atoms with Crippen molar-refractivity contribution in [1.82, 2.24) is 20.4 Å². The average Bonchev–Trinajstić information content (AvgIpc) is 2.61. The van der Waals surface area contributed by atoms with Gasteiger partial charge < -0.3 is 10.6 Å². The van der Waals surface area contributed by atoms with Crippen LogP contribution in [0.15, 0.2) is 23.3 Å². The maximum Gasteiger partial charge on any atom is 0.166 e. The van der Waals surface area contributed by atoms with Crippen molar-refractivity contribution < 1.29 is 0 Å². The highest BCUT2D eigenvalue weighted by molar-refractivity contribution is 9.10. The molecular formula is C11H17BrN4S. The van der Waals surface area contributed by atoms with Crippen LogP contribution >= 0.6 is 28.1 Å². The molecule has 94 valence electrons. The molecule has 1 aromatic rings. The highest BCUT2D eigenvalue weighted by atomic mass is 79.9. The van der Waals surface area contributed by atoms with E-state index in [2.05, 4.69) is 38.2 Å². The van der Waals surface area contributed by atoms with Crippen LogP contribution < -0.4 is 10.6 Å². The summed E-state index contributed by atoms with van der Waals surface area (Å²) in [6.45, 7) is 8.00. The summed E-state index contributed by atoms with van der Waals surface area (Å²) in [5, 5.41) is 11.2. The SMILES string of the molecule is C=CCNC(=S)NCCCn1cc(Br)c(C)n1. The zero-order valence-corrected chi connectivity index (χ0v) is 12.3. The van der Waals surface area contributed by atoms with Gasteiger partial charge in [0.15, 0.2) is 5.11 Å². The molecule has 0 bridgehead atoms. The topological polar surface area (TPSA) is 41.9 Å². The minimum atomic E-state index is 0.669. The zero-order valence-electron chi connectivity index (χ0n) is 9.87. The minimum absolute atomic E-state index is 0.669. The van der Waals surface area contributed by atoms with Crippen LogP contribution in [-0.2, 0) is 6.54 Å². The molecule has 0 spiro atoms. The van der Waals surface area contributed by atoms with E-state index in [0.717, 1.165) is 29.7 Å². The maximum atomic E-state index is 5.07. The Morgan fingerprint density at radius 3 is 3.00 bits per heavy atom. The van der Waals surface area contributed by atoms with Crippen molar-refractivity contribution in [2.75, 3.05) is 13.1 Å². The lowest BCUT2D eigenvalue weighted by Crippen LogP contribution is -2.36. The molecule has 0 fully saturated rings. The number of hydrogen-bond donors (Lipinski definition) is 2. The van der Waals surface area contributed by atoms with Gasteiger partial charge in [0.2, 0.25) is 0 Å². The third-order valence-electron chi connectivity index (χ3n) is 2.14. The minimum Gasteiger partial charge on any atom is -0.363 e. The van der Waals surface area contributed by atoms with E-state index in [0.29, 0.717) is 11.7 Å². The first kappa shape index (κ1) is 14.2. The molecule has 4 nitrogen and oxygen atoms in total. The lowest BCUT2D eigenvalue weighted by Gasteiger charge is -2.08. The third kappa shape index (κ3) is 5.32. The van der Waals surface area contributed by atoms with E-state index < -0.39 is 0 Å². The van der Waals surface area contributed by atoms with E-state index in [-0.39, 0.29) is 0 Å². The van der Waals surface area contributed by atoms with Gasteiger partial charge in [0.1, 0.15) is 0 Å². The molecule has 0 saturated heterocycles. The second-order valence-electron chi connectivity index (χ2n) is 3.60. The van der Waals surface area contributed by atoms with Gasteiger partial charge in [-0.1, -0.05) is 6.08 Å². The molecule has 0 radical (unpaired) electrons. The molecule has 2 N–H and O–H groups in total. The van der Waals surface area contributed by atoms with Gasteiger partial charge in [0.25, 0.3) is 0 Å². The Morgan fingerprint density at radius 1 is 1.65 bits per heavy atom. The van der Waals surface area contributed by atoms with Crippen LogP contribution in [0.1, 0.15) is 12.1 Å². The van der Waals surface area contributed by atoms with Crippen molar-refractivity contribution in [3.8, 4) is 0 Å². The van der Waals surface area contributed by atoms with Gasteiger partial charge in [-0.15, -0.1) is 6.58 Å². The Morgan fingerprint density at radius 2 is 2.41 bits per heavy atom. The second-order valence-corrected chi connectivity index (χ2v) is 4.87. The van der Waals surface area contributed by atoms with Crippen LogP contribution in [0.5, 0.6) is 0 Å². The Kier molecular flexibility index (Phi) is 6.21. The first-order chi connectivity index (χ1) is 8.13. The Bertz CT molecular complexity index is 369. The summed E-state index contributed by atoms with van der Waals surface area (Å²) in [7, 11) is 0. The summed E-state index contributed by atoms with van der Waals surface area (Å²) >= 11 is 8.51. The molecule has 0 aliphatic carbocycles. The molecule has 6 heteroatoms. The molecule has 1 aromatic heterocycles. The molecule has 1 heterocycles. The number of nitrogens with one attached hydrogen (secondary N) is 2. The van der Waals surface area contributed by atoms with E-state index in [1.165, 1.54) is 0 Å². The van der Waals surface area contributed by atoms with Crippen LogP contribution in [0.25, 0.3) is 0 Å². The Hall–Kier alpha value is -0.880. The van der Waals surface area contributed by atoms with Crippen LogP contribution in [0.4, 0.5) is 0 Å². The molecule has 1 rings (SSSR count). The van der Waals surface area contributed by atoms with E-state index in [1.807, 2.05) is 17.8 Å². The number of thiocarbonyl (C=S) groups is 1. The fourth-order valence-corrected chi connectivity index (χ4v) is 1.78. The summed E-state index contributed by atoms with van der Waals surface area (Å²) in [6.07, 6.45) is 4.74. The van der Waals surface area contributed by atoms with Crippen LogP contribution in [0.3, 0.4) is 0 Å². The van der Waals surface area contributed by atoms with Crippen molar-refractivity contribution in [3.63, 3.8) is 0 Å². The number of hydrogen-bond acceptors (Lipinski definition) is 2. The maximum absolute atomic E-state index is 5.07. The van der Waals surface area contributed by atoms with E-state index in [4.69, 9.17) is 12.2 Å². The molecule has 0 saturated carbocycles. The first-order valence-electron chi connectivity index (χ1n) is 5.45. The molecule has 17 heavy (non-hydrogen) atoms. The van der Waals surface area contributed by atoms with Gasteiger partial charge in [-0.25, -0.2) is 0 Å². The van der Waals surface area contributed by atoms with Crippen LogP contribution in [0.2, 0.25) is 0 Å². The predicted molar refractivity (Wildman–Crippen MR) is 78.1 cm³/mol. The summed E-state index contributed by atoms with van der Waals surface area (Å²) in [4.78, 5) is 0. The average molecular weight is 317 g/mol. The fourth-order valence-electron chi connectivity index (χ4n) is 1.28. The second kappa shape index (κ2) is 7.45. The monoisotopic (exact) mass is 316 g/mol. The van der Waals surface area contributed by atoms with Gasteiger partial charge in [0.05, 0.1) is 10.2 Å². The highest BCUT2D eigenvalue weighted by Gasteiger charge is 2.00. The van der Waals surface area contributed by atoms with E-state index >= 15 is 0 Å². The summed E-state index contributed by atoms with van der Waals surface area (Å²) in [5.74, 6) is 0. The summed E-state index contributed by atoms with van der Waals surface area (Å²) < 4.78 is 2.98. The van der Waals surface area contributed by atoms with Crippen LogP contribution in [0, 0.1) is 6.92 Å². The first-order valence-corrected chi connectivity index (χ1v) is 6.65. The van der Waals surface area contributed by atoms with Gasteiger partial charge >= 0.3 is 0 Å². The number of nitrogens with zero attached hydrogens (tertiary/aromatic N) is 2. The normalized spacial score (nSPS) is 10.0. The van der Waals surface area contributed by atoms with Crippen molar-refractivity contribution in [2.45, 2.75) is 19.9 Å². The third-order valence-corrected chi connectivity index (χ3v) is 3.21. The number of aryl methyl sites for hydroxylation is 2. The standard InChI is InChI=1S/C11H17BrN4S/c1-3-5-13-11(17)14-6-4-7-16-8-10(12)9(2)15-16/h3,8H,1,4-7H2,2H3,(H2,13,14,17). The van der Waals surface area contributed by atoms with Crippen molar-refractivity contribution in [1.29, 1.82) is 0 Å². The van der Waals surface area contributed by atoms with Crippen LogP contribution in [-0.4, -0.2) is 28.0 Å². The quantitative estimate of drug-likeness (QED) is 0.478. The predicted octanol–water partition coefficient (Wildman–Crippen LogP) is 1.99. The van der Waals surface area contributed by atoms with Crippen molar-refractivity contribution >= 4 is 33.3 Å². The van der Waals surface area contributed by atoms with Gasteiger partial charge in [-0.3, -0.25) is 4.68 Å². The fraction of sp³-hybridized carbons (Fsp3) is 0.455. The van der Waals surface area contributed by atoms with E-state index in [1.54, 1.807) is 6.08 Å². The smallest absolute Gasteiger partial charge is 0.166 e. The summed E-state index contributed by atoms with van der Waals surface area (Å²) in [5.41, 5.74) is 1.01. The number of halogens is 1. The molecular weight excluding hydrogens is 300 g/mol. The Balaban J connectivity index is 2.15.